The highest BCUT2D eigenvalue weighted by molar-refractivity contribution is 5.88. The van der Waals surface area contributed by atoms with Crippen LogP contribution in [0.2, 0.25) is 0 Å². The molecule has 2 aliphatic rings. The van der Waals surface area contributed by atoms with E-state index < -0.39 is 0 Å². The van der Waals surface area contributed by atoms with Gasteiger partial charge in [0.2, 0.25) is 0 Å². The molecule has 3 heterocycles. The van der Waals surface area contributed by atoms with Crippen molar-refractivity contribution in [3.05, 3.63) is 42.1 Å². The molecule has 150 valence electrons. The molecule has 2 fully saturated rings. The molecule has 1 aromatic heterocycles. The Morgan fingerprint density at radius 3 is 2.64 bits per heavy atom. The minimum absolute atomic E-state index is 0.0724. The van der Waals surface area contributed by atoms with Gasteiger partial charge in [-0.25, -0.2) is 9.48 Å². The highest BCUT2D eigenvalue weighted by atomic mass is 16.5. The SMILES string of the molecule is Cc1cc(NC(=O)N2CCN(C3CCOCC3)C[C@H]2C)nn1-c1ccccc1. The molecular formula is C21H29N5O2. The van der Waals surface area contributed by atoms with E-state index in [9.17, 15) is 4.79 Å². The topological polar surface area (TPSA) is 62.6 Å². The third-order valence-corrected chi connectivity index (χ3v) is 5.75. The fourth-order valence-corrected chi connectivity index (χ4v) is 4.22. The molecule has 2 saturated heterocycles. The van der Waals surface area contributed by atoms with Gasteiger partial charge in [-0.15, -0.1) is 5.10 Å². The van der Waals surface area contributed by atoms with Crippen molar-refractivity contribution in [1.82, 2.24) is 19.6 Å². The van der Waals surface area contributed by atoms with E-state index in [1.54, 1.807) is 0 Å². The standard InChI is InChI=1S/C21H29N5O2/c1-16-14-20(23-26(16)19-6-4-3-5-7-19)22-21(27)25-11-10-24(15-17(25)2)18-8-12-28-13-9-18/h3-7,14,17-18H,8-13,15H2,1-2H3,(H,22,23,27)/t17-/m1/s1. The van der Waals surface area contributed by atoms with E-state index in [4.69, 9.17) is 4.74 Å². The second-order valence-electron chi connectivity index (χ2n) is 7.73. The average Bonchev–Trinajstić information content (AvgIpc) is 3.09. The Bertz CT molecular complexity index is 800. The van der Waals surface area contributed by atoms with Gasteiger partial charge in [-0.2, -0.15) is 0 Å². The number of urea groups is 1. The van der Waals surface area contributed by atoms with Crippen LogP contribution in [0, 0.1) is 6.92 Å². The summed E-state index contributed by atoms with van der Waals surface area (Å²) in [6.45, 7) is 8.38. The monoisotopic (exact) mass is 383 g/mol. The van der Waals surface area contributed by atoms with E-state index in [0.29, 0.717) is 11.9 Å². The maximum absolute atomic E-state index is 12.8. The molecule has 0 saturated carbocycles. The van der Waals surface area contributed by atoms with Crippen LogP contribution in [0.4, 0.5) is 10.6 Å². The van der Waals surface area contributed by atoms with Crippen LogP contribution < -0.4 is 5.32 Å². The molecule has 7 nitrogen and oxygen atoms in total. The van der Waals surface area contributed by atoms with Crippen LogP contribution in [-0.4, -0.2) is 70.5 Å². The normalized spacial score (nSPS) is 21.6. The summed E-state index contributed by atoms with van der Waals surface area (Å²) in [4.78, 5) is 17.3. The van der Waals surface area contributed by atoms with E-state index in [1.807, 2.05) is 52.9 Å². The summed E-state index contributed by atoms with van der Waals surface area (Å²) >= 11 is 0. The van der Waals surface area contributed by atoms with Crippen molar-refractivity contribution in [2.24, 2.45) is 0 Å². The van der Waals surface area contributed by atoms with Gasteiger partial charge in [-0.3, -0.25) is 10.2 Å². The highest BCUT2D eigenvalue weighted by Crippen LogP contribution is 2.20. The van der Waals surface area contributed by atoms with E-state index in [2.05, 4.69) is 22.2 Å². The van der Waals surface area contributed by atoms with Crippen LogP contribution in [-0.2, 0) is 4.74 Å². The summed E-state index contributed by atoms with van der Waals surface area (Å²) in [5, 5.41) is 7.55. The smallest absolute Gasteiger partial charge is 0.323 e. The maximum atomic E-state index is 12.8. The van der Waals surface area contributed by atoms with Gasteiger partial charge in [0.15, 0.2) is 5.82 Å². The zero-order chi connectivity index (χ0) is 19.5. The molecule has 0 spiro atoms. The van der Waals surface area contributed by atoms with Crippen molar-refractivity contribution >= 4 is 11.8 Å². The second kappa shape index (κ2) is 8.32. The third kappa shape index (κ3) is 4.05. The number of nitrogens with one attached hydrogen (secondary N) is 1. The summed E-state index contributed by atoms with van der Waals surface area (Å²) < 4.78 is 7.33. The van der Waals surface area contributed by atoms with Crippen LogP contribution in [0.25, 0.3) is 5.69 Å². The molecule has 0 unspecified atom stereocenters. The number of carbonyl (C=O) groups excluding carboxylic acids is 1. The van der Waals surface area contributed by atoms with Crippen molar-refractivity contribution in [3.63, 3.8) is 0 Å². The number of benzene rings is 1. The van der Waals surface area contributed by atoms with Gasteiger partial charge in [0.05, 0.1) is 5.69 Å². The number of amides is 2. The molecule has 4 rings (SSSR count). The lowest BCUT2D eigenvalue weighted by Crippen LogP contribution is -2.58. The highest BCUT2D eigenvalue weighted by Gasteiger charge is 2.32. The molecule has 0 aliphatic carbocycles. The van der Waals surface area contributed by atoms with Gasteiger partial charge in [-0.1, -0.05) is 18.2 Å². The predicted octanol–water partition coefficient (Wildman–Crippen LogP) is 2.90. The number of anilines is 1. The summed E-state index contributed by atoms with van der Waals surface area (Å²) in [6.07, 6.45) is 2.18. The Kier molecular flexibility index (Phi) is 5.64. The Hall–Kier alpha value is -2.38. The summed E-state index contributed by atoms with van der Waals surface area (Å²) in [6, 6.07) is 12.5. The first-order chi connectivity index (χ1) is 13.6. The molecule has 0 bridgehead atoms. The lowest BCUT2D eigenvalue weighted by Gasteiger charge is -2.44. The minimum atomic E-state index is -0.0724. The Morgan fingerprint density at radius 1 is 1.18 bits per heavy atom. The first kappa shape index (κ1) is 19.0. The molecule has 2 amide bonds. The van der Waals surface area contributed by atoms with Crippen LogP contribution in [0.1, 0.15) is 25.5 Å². The largest absolute Gasteiger partial charge is 0.381 e. The quantitative estimate of drug-likeness (QED) is 0.885. The van der Waals surface area contributed by atoms with Gasteiger partial charge in [0.1, 0.15) is 0 Å². The van der Waals surface area contributed by atoms with Crippen LogP contribution in [0.3, 0.4) is 0 Å². The van der Waals surface area contributed by atoms with Crippen molar-refractivity contribution in [3.8, 4) is 5.69 Å². The number of aromatic nitrogens is 2. The van der Waals surface area contributed by atoms with Crippen molar-refractivity contribution in [2.75, 3.05) is 38.2 Å². The van der Waals surface area contributed by atoms with Gasteiger partial charge in [-0.05, 0) is 38.8 Å². The van der Waals surface area contributed by atoms with Crippen LogP contribution >= 0.6 is 0 Å². The number of rotatable bonds is 3. The molecule has 1 N–H and O–H groups in total. The fraction of sp³-hybridized carbons (Fsp3) is 0.524. The Morgan fingerprint density at radius 2 is 1.93 bits per heavy atom. The maximum Gasteiger partial charge on any atom is 0.323 e. The molecule has 28 heavy (non-hydrogen) atoms. The number of ether oxygens (including phenoxy) is 1. The summed E-state index contributed by atoms with van der Waals surface area (Å²) in [5.74, 6) is 0.588. The number of nitrogens with zero attached hydrogens (tertiary/aromatic N) is 4. The summed E-state index contributed by atoms with van der Waals surface area (Å²) in [7, 11) is 0. The molecule has 2 aromatic rings. The number of hydrogen-bond donors (Lipinski definition) is 1. The predicted molar refractivity (Wildman–Crippen MR) is 109 cm³/mol. The van der Waals surface area contributed by atoms with Crippen LogP contribution in [0.5, 0.6) is 0 Å². The lowest BCUT2D eigenvalue weighted by molar-refractivity contribution is 0.00815. The van der Waals surface area contributed by atoms with E-state index in [0.717, 1.165) is 57.1 Å². The first-order valence-corrected chi connectivity index (χ1v) is 10.1. The zero-order valence-corrected chi connectivity index (χ0v) is 16.7. The van der Waals surface area contributed by atoms with Gasteiger partial charge < -0.3 is 9.64 Å². The molecule has 2 aliphatic heterocycles. The van der Waals surface area contributed by atoms with Crippen molar-refractivity contribution in [1.29, 1.82) is 0 Å². The van der Waals surface area contributed by atoms with E-state index in [-0.39, 0.29) is 12.1 Å². The number of piperazine rings is 1. The van der Waals surface area contributed by atoms with Gasteiger partial charge >= 0.3 is 6.03 Å². The van der Waals surface area contributed by atoms with E-state index in [1.165, 1.54) is 0 Å². The lowest BCUT2D eigenvalue weighted by atomic mass is 10.0. The van der Waals surface area contributed by atoms with Crippen LogP contribution in [0.15, 0.2) is 36.4 Å². The third-order valence-electron chi connectivity index (χ3n) is 5.75. The fourth-order valence-electron chi connectivity index (χ4n) is 4.22. The first-order valence-electron chi connectivity index (χ1n) is 10.1. The molecular weight excluding hydrogens is 354 g/mol. The molecule has 0 radical (unpaired) electrons. The van der Waals surface area contributed by atoms with Crippen molar-refractivity contribution in [2.45, 2.75) is 38.8 Å². The number of para-hydroxylation sites is 1. The Balaban J connectivity index is 1.38. The van der Waals surface area contributed by atoms with E-state index >= 15 is 0 Å². The number of hydrogen-bond acceptors (Lipinski definition) is 4. The average molecular weight is 383 g/mol. The van der Waals surface area contributed by atoms with Crippen molar-refractivity contribution < 1.29 is 9.53 Å². The summed E-state index contributed by atoms with van der Waals surface area (Å²) in [5.41, 5.74) is 1.97. The van der Waals surface area contributed by atoms with Gasteiger partial charge in [0.25, 0.3) is 0 Å². The number of aryl methyl sites for hydroxylation is 1. The molecule has 1 aromatic carbocycles. The van der Waals surface area contributed by atoms with Gasteiger partial charge in [0, 0.05) is 56.7 Å². The number of carbonyl (C=O) groups is 1. The molecule has 1 atom stereocenters. The Labute approximate surface area is 166 Å². The second-order valence-corrected chi connectivity index (χ2v) is 7.73. The molecule has 7 heteroatoms. The minimum Gasteiger partial charge on any atom is -0.381 e. The zero-order valence-electron chi connectivity index (χ0n) is 16.7.